The summed E-state index contributed by atoms with van der Waals surface area (Å²) >= 11 is 0. The predicted molar refractivity (Wildman–Crippen MR) is 96.7 cm³/mol. The number of ether oxygens (including phenoxy) is 3. The lowest BCUT2D eigenvalue weighted by Gasteiger charge is -2.10. The number of allylic oxidation sites excluding steroid dienone is 1. The summed E-state index contributed by atoms with van der Waals surface area (Å²) in [5.74, 6) is 1.53. The number of fused-ring (bicyclic) bond motifs is 1. The maximum atomic E-state index is 12.5. The molecule has 0 aliphatic carbocycles. The predicted octanol–water partition coefficient (Wildman–Crippen LogP) is 3.76. The third kappa shape index (κ3) is 3.69. The van der Waals surface area contributed by atoms with E-state index in [-0.39, 0.29) is 11.5 Å². The van der Waals surface area contributed by atoms with Crippen LogP contribution in [-0.2, 0) is 0 Å². The van der Waals surface area contributed by atoms with Gasteiger partial charge in [-0.15, -0.1) is 0 Å². The van der Waals surface area contributed by atoms with Crippen molar-refractivity contribution >= 4 is 18.0 Å². The zero-order valence-corrected chi connectivity index (χ0v) is 14.8. The number of nitrogens with zero attached hydrogens (tertiary/aromatic N) is 1. The molecule has 1 aliphatic rings. The number of carbonyl (C=O) groups is 2. The van der Waals surface area contributed by atoms with E-state index >= 15 is 0 Å². The third-order valence-corrected chi connectivity index (χ3v) is 3.68. The van der Waals surface area contributed by atoms with E-state index in [2.05, 4.69) is 0 Å². The summed E-state index contributed by atoms with van der Waals surface area (Å²) in [6, 6.07) is 12.0. The van der Waals surface area contributed by atoms with Crippen LogP contribution < -0.4 is 14.2 Å². The Kier molecular flexibility index (Phi) is 4.93. The second kappa shape index (κ2) is 7.31. The summed E-state index contributed by atoms with van der Waals surface area (Å²) in [5, 5.41) is 0. The molecule has 1 amide bonds. The first kappa shape index (κ1) is 17.5. The number of rotatable bonds is 4. The van der Waals surface area contributed by atoms with E-state index in [1.165, 1.54) is 4.90 Å². The fourth-order valence-electron chi connectivity index (χ4n) is 2.43. The van der Waals surface area contributed by atoms with Crippen LogP contribution in [0.3, 0.4) is 0 Å². The molecule has 6 heteroatoms. The van der Waals surface area contributed by atoms with Crippen molar-refractivity contribution in [2.24, 2.45) is 0 Å². The van der Waals surface area contributed by atoms with E-state index in [0.29, 0.717) is 35.0 Å². The van der Waals surface area contributed by atoms with E-state index in [0.717, 1.165) is 0 Å². The minimum absolute atomic E-state index is 0.196. The van der Waals surface area contributed by atoms with Crippen LogP contribution in [0.4, 0.5) is 4.79 Å². The van der Waals surface area contributed by atoms with Gasteiger partial charge in [-0.1, -0.05) is 12.1 Å². The highest BCUT2D eigenvalue weighted by Gasteiger charge is 2.27. The highest BCUT2D eigenvalue weighted by molar-refractivity contribution is 6.14. The number of hydrogen-bond donors (Lipinski definition) is 0. The van der Waals surface area contributed by atoms with E-state index in [9.17, 15) is 9.59 Å². The van der Waals surface area contributed by atoms with Crippen LogP contribution in [-0.4, -0.2) is 37.5 Å². The Bertz CT molecular complexity index is 886. The first-order valence-corrected chi connectivity index (χ1v) is 8.18. The van der Waals surface area contributed by atoms with Crippen LogP contribution in [0.25, 0.3) is 6.08 Å². The van der Waals surface area contributed by atoms with Gasteiger partial charge in [0.05, 0.1) is 12.2 Å². The first-order valence-electron chi connectivity index (χ1n) is 8.18. The van der Waals surface area contributed by atoms with Gasteiger partial charge in [0.1, 0.15) is 17.2 Å². The molecule has 0 radical (unpaired) electrons. The standard InChI is InChI=1S/C20H19NO5/c1-4-24-14-8-9-16-17(12-14)26-18(19(16)22)11-13-6-5-7-15(10-13)25-20(23)21(2)3/h5-12H,4H2,1-3H3/b18-11-. The lowest BCUT2D eigenvalue weighted by molar-refractivity contribution is 0.101. The molecule has 0 saturated carbocycles. The minimum atomic E-state index is -0.473. The van der Waals surface area contributed by atoms with Gasteiger partial charge in [0.2, 0.25) is 5.78 Å². The van der Waals surface area contributed by atoms with Crippen LogP contribution in [0.5, 0.6) is 17.2 Å². The molecule has 0 unspecified atom stereocenters. The Hall–Kier alpha value is -3.28. The van der Waals surface area contributed by atoms with E-state index in [4.69, 9.17) is 14.2 Å². The van der Waals surface area contributed by atoms with Crippen LogP contribution in [0.2, 0.25) is 0 Å². The lowest BCUT2D eigenvalue weighted by atomic mass is 10.1. The summed E-state index contributed by atoms with van der Waals surface area (Å²) in [6.07, 6.45) is 1.15. The van der Waals surface area contributed by atoms with Gasteiger partial charge >= 0.3 is 6.09 Å². The first-order chi connectivity index (χ1) is 12.5. The van der Waals surface area contributed by atoms with Crippen molar-refractivity contribution in [3.8, 4) is 17.2 Å². The Morgan fingerprint density at radius 2 is 1.96 bits per heavy atom. The largest absolute Gasteiger partial charge is 0.494 e. The summed E-state index contributed by atoms with van der Waals surface area (Å²) in [7, 11) is 3.21. The monoisotopic (exact) mass is 353 g/mol. The second-order valence-corrected chi connectivity index (χ2v) is 5.87. The molecule has 0 aromatic heterocycles. The average molecular weight is 353 g/mol. The third-order valence-electron chi connectivity index (χ3n) is 3.68. The molecule has 0 atom stereocenters. The molecule has 0 spiro atoms. The summed E-state index contributed by atoms with van der Waals surface area (Å²) in [4.78, 5) is 25.5. The highest BCUT2D eigenvalue weighted by Crippen LogP contribution is 2.35. The quantitative estimate of drug-likeness (QED) is 0.783. The molecule has 1 heterocycles. The summed E-state index contributed by atoms with van der Waals surface area (Å²) in [6.45, 7) is 2.43. The summed E-state index contributed by atoms with van der Waals surface area (Å²) < 4.78 is 16.3. The van der Waals surface area contributed by atoms with Crippen molar-refractivity contribution in [2.45, 2.75) is 6.92 Å². The molecule has 134 valence electrons. The molecule has 2 aromatic rings. The van der Waals surface area contributed by atoms with Gasteiger partial charge in [0, 0.05) is 20.2 Å². The Labute approximate surface area is 151 Å². The number of ketones is 1. The van der Waals surface area contributed by atoms with Crippen LogP contribution in [0, 0.1) is 0 Å². The van der Waals surface area contributed by atoms with E-state index in [1.54, 1.807) is 62.6 Å². The molecule has 0 fully saturated rings. The van der Waals surface area contributed by atoms with Crippen molar-refractivity contribution in [3.63, 3.8) is 0 Å². The Balaban J connectivity index is 1.82. The molecular formula is C20H19NO5. The van der Waals surface area contributed by atoms with Crippen LogP contribution >= 0.6 is 0 Å². The minimum Gasteiger partial charge on any atom is -0.494 e. The van der Waals surface area contributed by atoms with Crippen molar-refractivity contribution in [3.05, 3.63) is 59.4 Å². The molecule has 2 aromatic carbocycles. The van der Waals surface area contributed by atoms with Crippen molar-refractivity contribution < 1.29 is 23.8 Å². The van der Waals surface area contributed by atoms with Crippen molar-refractivity contribution in [1.82, 2.24) is 4.90 Å². The normalized spacial score (nSPS) is 14.0. The van der Waals surface area contributed by atoms with Gasteiger partial charge in [-0.3, -0.25) is 4.79 Å². The molecule has 1 aliphatic heterocycles. The SMILES string of the molecule is CCOc1ccc2c(c1)O/C(=C\c1cccc(OC(=O)N(C)C)c1)C2=O. The van der Waals surface area contributed by atoms with Gasteiger partial charge in [0.15, 0.2) is 5.76 Å². The Morgan fingerprint density at radius 3 is 2.69 bits per heavy atom. The van der Waals surface area contributed by atoms with Crippen molar-refractivity contribution in [1.29, 1.82) is 0 Å². The van der Waals surface area contributed by atoms with Gasteiger partial charge in [0.25, 0.3) is 0 Å². The molecule has 6 nitrogen and oxygen atoms in total. The second-order valence-electron chi connectivity index (χ2n) is 5.87. The smallest absolute Gasteiger partial charge is 0.414 e. The average Bonchev–Trinajstić information content (AvgIpc) is 2.91. The number of amides is 1. The topological polar surface area (TPSA) is 65.1 Å². The maximum Gasteiger partial charge on any atom is 0.414 e. The van der Waals surface area contributed by atoms with E-state index in [1.807, 2.05) is 6.92 Å². The van der Waals surface area contributed by atoms with Gasteiger partial charge < -0.3 is 19.1 Å². The lowest BCUT2D eigenvalue weighted by Crippen LogP contribution is -2.25. The molecule has 0 N–H and O–H groups in total. The molecular weight excluding hydrogens is 334 g/mol. The van der Waals surface area contributed by atoms with Gasteiger partial charge in [-0.05, 0) is 42.8 Å². The Morgan fingerprint density at radius 1 is 1.15 bits per heavy atom. The number of benzene rings is 2. The van der Waals surface area contributed by atoms with Gasteiger partial charge in [-0.2, -0.15) is 0 Å². The number of carbonyl (C=O) groups excluding carboxylic acids is 2. The fourth-order valence-corrected chi connectivity index (χ4v) is 2.43. The van der Waals surface area contributed by atoms with Gasteiger partial charge in [-0.25, -0.2) is 4.79 Å². The maximum absolute atomic E-state index is 12.5. The molecule has 0 saturated heterocycles. The van der Waals surface area contributed by atoms with Crippen molar-refractivity contribution in [2.75, 3.05) is 20.7 Å². The molecule has 26 heavy (non-hydrogen) atoms. The van der Waals surface area contributed by atoms with Crippen LogP contribution in [0.15, 0.2) is 48.2 Å². The zero-order chi connectivity index (χ0) is 18.7. The van der Waals surface area contributed by atoms with Crippen LogP contribution in [0.1, 0.15) is 22.8 Å². The number of Topliss-reactive ketones (excluding diaryl/α,β-unsaturated/α-hetero) is 1. The zero-order valence-electron chi connectivity index (χ0n) is 14.8. The molecule has 3 rings (SSSR count). The summed E-state index contributed by atoms with van der Waals surface area (Å²) in [5.41, 5.74) is 1.19. The fraction of sp³-hybridized carbons (Fsp3) is 0.200. The highest BCUT2D eigenvalue weighted by atomic mass is 16.6. The molecule has 0 bridgehead atoms. The van der Waals surface area contributed by atoms with E-state index < -0.39 is 6.09 Å². The number of hydrogen-bond acceptors (Lipinski definition) is 5.